The molecule has 0 saturated carbocycles. The Balaban J connectivity index is 1.24. The number of ether oxygens (including phenoxy) is 1. The number of anilines is 2. The quantitative estimate of drug-likeness (QED) is 0.463. The number of benzene rings is 1. The number of aliphatic hydroxyl groups excluding tert-OH is 1. The molecular weight excluding hydrogens is 434 g/mol. The van der Waals surface area contributed by atoms with E-state index in [0.717, 1.165) is 36.5 Å². The van der Waals surface area contributed by atoms with Crippen LogP contribution in [0.4, 0.5) is 16.4 Å². The van der Waals surface area contributed by atoms with Gasteiger partial charge in [0.05, 0.1) is 6.10 Å². The Labute approximate surface area is 198 Å². The number of urea groups is 1. The van der Waals surface area contributed by atoms with E-state index in [1.807, 2.05) is 38.1 Å². The summed E-state index contributed by atoms with van der Waals surface area (Å²) in [5, 5.41) is 18.4. The van der Waals surface area contributed by atoms with Gasteiger partial charge in [0.25, 0.3) is 0 Å². The smallest absolute Gasteiger partial charge is 0.326 e. The second kappa shape index (κ2) is 10.8. The summed E-state index contributed by atoms with van der Waals surface area (Å²) in [7, 11) is 0. The molecule has 3 aromatic rings. The van der Waals surface area contributed by atoms with Crippen molar-refractivity contribution in [2.24, 2.45) is 0 Å². The number of hydrogen-bond acceptors (Lipinski definition) is 7. The summed E-state index contributed by atoms with van der Waals surface area (Å²) in [4.78, 5) is 18.5. The second-order valence-electron chi connectivity index (χ2n) is 8.32. The number of hydrogen-bond donors (Lipinski definition) is 3. The Morgan fingerprint density at radius 3 is 2.50 bits per heavy atom. The van der Waals surface area contributed by atoms with Crippen LogP contribution in [0, 0.1) is 11.8 Å². The molecule has 1 aliphatic heterocycles. The first kappa shape index (κ1) is 23.3. The monoisotopic (exact) mass is 461 g/mol. The van der Waals surface area contributed by atoms with Gasteiger partial charge < -0.3 is 14.4 Å². The normalized spacial score (nSPS) is 13.6. The Morgan fingerprint density at radius 2 is 1.85 bits per heavy atom. The summed E-state index contributed by atoms with van der Waals surface area (Å²) in [5.74, 6) is 8.55. The number of carbonyl (C=O) groups is 1. The third-order valence-corrected chi connectivity index (χ3v) is 5.16. The highest BCUT2D eigenvalue weighted by Gasteiger charge is 2.23. The van der Waals surface area contributed by atoms with Crippen LogP contribution >= 0.6 is 0 Å². The Hall–Kier alpha value is -3.87. The van der Waals surface area contributed by atoms with E-state index in [4.69, 9.17) is 9.26 Å². The zero-order chi connectivity index (χ0) is 23.9. The molecule has 1 aliphatic rings. The minimum atomic E-state index is -0.459. The van der Waals surface area contributed by atoms with Gasteiger partial charge in [-0.2, -0.15) is 0 Å². The molecule has 2 aromatic heterocycles. The number of rotatable bonds is 7. The van der Waals surface area contributed by atoms with E-state index in [0.29, 0.717) is 24.0 Å². The summed E-state index contributed by atoms with van der Waals surface area (Å²) in [6, 6.07) is 12.3. The summed E-state index contributed by atoms with van der Waals surface area (Å²) in [5.41, 5.74) is 1.58. The van der Waals surface area contributed by atoms with Crippen LogP contribution in [0.2, 0.25) is 0 Å². The highest BCUT2D eigenvalue weighted by molar-refractivity contribution is 5.98. The zero-order valence-corrected chi connectivity index (χ0v) is 19.1. The van der Waals surface area contributed by atoms with Crippen molar-refractivity contribution < 1.29 is 19.2 Å². The summed E-state index contributed by atoms with van der Waals surface area (Å²) < 4.78 is 10.9. The Kier molecular flexibility index (Phi) is 7.42. The van der Waals surface area contributed by atoms with E-state index in [9.17, 15) is 9.90 Å². The lowest BCUT2D eigenvalue weighted by molar-refractivity contribution is -0.00387. The van der Waals surface area contributed by atoms with Crippen molar-refractivity contribution in [1.82, 2.24) is 15.0 Å². The van der Waals surface area contributed by atoms with Crippen molar-refractivity contribution in [3.8, 4) is 17.6 Å². The largest absolute Gasteiger partial charge is 0.492 e. The first-order valence-corrected chi connectivity index (χ1v) is 11.1. The van der Waals surface area contributed by atoms with Crippen LogP contribution in [0.15, 0.2) is 53.2 Å². The van der Waals surface area contributed by atoms with Gasteiger partial charge in [0.15, 0.2) is 5.82 Å². The van der Waals surface area contributed by atoms with E-state index in [-0.39, 0.29) is 12.0 Å². The second-order valence-corrected chi connectivity index (χ2v) is 8.32. The highest BCUT2D eigenvalue weighted by Crippen LogP contribution is 2.18. The summed E-state index contributed by atoms with van der Waals surface area (Å²) in [6.07, 6.45) is 1.41. The third kappa shape index (κ3) is 6.57. The number of likely N-dealkylation sites (tertiary alicyclic amines) is 1. The van der Waals surface area contributed by atoms with Gasteiger partial charge in [0.2, 0.25) is 0 Å². The predicted molar refractivity (Wildman–Crippen MR) is 128 cm³/mol. The van der Waals surface area contributed by atoms with Gasteiger partial charge in [-0.15, -0.1) is 0 Å². The van der Waals surface area contributed by atoms with Crippen LogP contribution < -0.4 is 15.4 Å². The molecule has 0 radical (unpaired) electrons. The fraction of sp³-hybridized carbons (Fsp3) is 0.320. The number of nitrogens with zero attached hydrogens (tertiary/aromatic N) is 3. The van der Waals surface area contributed by atoms with Gasteiger partial charge in [0, 0.05) is 48.9 Å². The lowest BCUT2D eigenvalue weighted by atomic mass is 10.2. The lowest BCUT2D eigenvalue weighted by Crippen LogP contribution is -2.51. The number of aliphatic hydroxyl groups is 1. The van der Waals surface area contributed by atoms with Crippen LogP contribution in [0.5, 0.6) is 5.75 Å². The maximum absolute atomic E-state index is 12.1. The van der Waals surface area contributed by atoms with E-state index >= 15 is 0 Å². The van der Waals surface area contributed by atoms with Gasteiger partial charge in [-0.3, -0.25) is 15.5 Å². The predicted octanol–water partition coefficient (Wildman–Crippen LogP) is 3.29. The fourth-order valence-corrected chi connectivity index (χ4v) is 3.22. The molecule has 0 atom stereocenters. The first-order chi connectivity index (χ1) is 16.4. The van der Waals surface area contributed by atoms with Gasteiger partial charge in [-0.05, 0) is 36.4 Å². The Bertz CT molecular complexity index is 1160. The van der Waals surface area contributed by atoms with Crippen molar-refractivity contribution >= 4 is 17.7 Å². The van der Waals surface area contributed by atoms with Crippen LogP contribution in [-0.4, -0.2) is 58.5 Å². The van der Waals surface area contributed by atoms with Gasteiger partial charge >= 0.3 is 6.03 Å². The van der Waals surface area contributed by atoms with Gasteiger partial charge in [-0.1, -0.05) is 30.8 Å². The average Bonchev–Trinajstić information content (AvgIpc) is 3.27. The third-order valence-electron chi connectivity index (χ3n) is 5.16. The maximum Gasteiger partial charge on any atom is 0.326 e. The van der Waals surface area contributed by atoms with E-state index in [1.54, 1.807) is 24.4 Å². The van der Waals surface area contributed by atoms with Crippen molar-refractivity contribution in [2.45, 2.75) is 25.9 Å². The molecule has 0 unspecified atom stereocenters. The zero-order valence-electron chi connectivity index (χ0n) is 19.1. The molecule has 2 amide bonds. The number of β-amino-alcohol motifs (C(OH)–C–C–N with tert-alkyl or cyclic N) is 1. The van der Waals surface area contributed by atoms with Crippen LogP contribution in [-0.2, 0) is 0 Å². The summed E-state index contributed by atoms with van der Waals surface area (Å²) in [6.45, 7) is 6.79. The lowest BCUT2D eigenvalue weighted by Gasteiger charge is -2.35. The molecule has 0 spiro atoms. The van der Waals surface area contributed by atoms with Crippen LogP contribution in [0.3, 0.4) is 0 Å². The molecule has 0 aliphatic carbocycles. The van der Waals surface area contributed by atoms with Crippen molar-refractivity contribution in [2.75, 3.05) is 36.9 Å². The molecule has 1 aromatic carbocycles. The Morgan fingerprint density at radius 1 is 1.15 bits per heavy atom. The van der Waals surface area contributed by atoms with Gasteiger partial charge in [0.1, 0.15) is 23.9 Å². The van der Waals surface area contributed by atoms with Crippen LogP contribution in [0.25, 0.3) is 0 Å². The van der Waals surface area contributed by atoms with Crippen LogP contribution in [0.1, 0.15) is 36.7 Å². The topological polar surface area (TPSA) is 113 Å². The van der Waals surface area contributed by atoms with Crippen molar-refractivity contribution in [3.05, 3.63) is 65.5 Å². The molecule has 1 fully saturated rings. The first-order valence-electron chi connectivity index (χ1n) is 11.1. The molecule has 3 N–H and O–H groups in total. The summed E-state index contributed by atoms with van der Waals surface area (Å²) >= 11 is 0. The fourth-order valence-electron chi connectivity index (χ4n) is 3.22. The molecule has 1 saturated heterocycles. The minimum absolute atomic E-state index is 0.185. The van der Waals surface area contributed by atoms with Crippen molar-refractivity contribution in [1.29, 1.82) is 0 Å². The molecule has 9 nitrogen and oxygen atoms in total. The molecule has 0 bridgehead atoms. The standard InChI is InChI=1S/C25H27N5O4/c1-17(2)22-13-24(29-34-22)28-25(32)27-23-10-7-19(14-26-23)4-3-18-5-8-21(9-6-18)33-12-11-30-15-20(31)16-30/h5-10,13-14,17,20,31H,11-12,15-16H2,1-2H3,(H2,26,27,28,29,32). The minimum Gasteiger partial charge on any atom is -0.492 e. The van der Waals surface area contributed by atoms with Gasteiger partial charge in [-0.25, -0.2) is 9.78 Å². The SMILES string of the molecule is CC(C)c1cc(NC(=O)Nc2ccc(C#Cc3ccc(OCCN4CC(O)C4)cc3)cn2)no1. The number of amides is 2. The molecule has 176 valence electrons. The maximum atomic E-state index is 12.1. The van der Waals surface area contributed by atoms with E-state index in [1.165, 1.54) is 0 Å². The number of pyridine rings is 1. The highest BCUT2D eigenvalue weighted by atomic mass is 16.5. The van der Waals surface area contributed by atoms with E-state index in [2.05, 4.69) is 37.5 Å². The number of carbonyl (C=O) groups excluding carboxylic acids is 1. The average molecular weight is 462 g/mol. The molecular formula is C25H27N5O4. The number of nitrogens with one attached hydrogen (secondary N) is 2. The molecule has 4 rings (SSSR count). The molecule has 3 heterocycles. The van der Waals surface area contributed by atoms with E-state index < -0.39 is 6.03 Å². The molecule has 34 heavy (non-hydrogen) atoms. The number of aromatic nitrogens is 2. The van der Waals surface area contributed by atoms with Crippen molar-refractivity contribution in [3.63, 3.8) is 0 Å². The molecule has 9 heteroatoms.